The molecule has 33 heavy (non-hydrogen) atoms. The number of nitrogens with one attached hydrogen (secondary N) is 1. The van der Waals surface area contributed by atoms with Crippen LogP contribution in [0.5, 0.6) is 5.88 Å². The van der Waals surface area contributed by atoms with Gasteiger partial charge < -0.3 is 14.8 Å². The smallest absolute Gasteiger partial charge is 0.266 e. The lowest BCUT2D eigenvalue weighted by Gasteiger charge is -2.08. The molecule has 5 aromatic rings. The second kappa shape index (κ2) is 8.61. The zero-order valence-corrected chi connectivity index (χ0v) is 19.1. The highest BCUT2D eigenvalue weighted by atomic mass is 32.1. The zero-order valence-electron chi connectivity index (χ0n) is 18.3. The number of aryl methyl sites for hydroxylation is 1. The van der Waals surface area contributed by atoms with Crippen molar-refractivity contribution in [1.29, 1.82) is 0 Å². The molecule has 3 heterocycles. The average molecular weight is 460 g/mol. The Morgan fingerprint density at radius 1 is 1.09 bits per heavy atom. The molecule has 0 aliphatic rings. The molecule has 0 bridgehead atoms. The molecule has 0 unspecified atom stereocenters. The van der Waals surface area contributed by atoms with Gasteiger partial charge >= 0.3 is 0 Å². The summed E-state index contributed by atoms with van der Waals surface area (Å²) in [6.45, 7) is 2.15. The van der Waals surface area contributed by atoms with Gasteiger partial charge in [0.15, 0.2) is 5.82 Å². The molecule has 9 heteroatoms. The highest BCUT2D eigenvalue weighted by Gasteiger charge is 2.21. The molecule has 0 saturated heterocycles. The van der Waals surface area contributed by atoms with E-state index in [0.717, 1.165) is 27.7 Å². The number of methoxy groups -OCH3 is 2. The number of rotatable bonds is 6. The molecule has 0 aliphatic heterocycles. The second-order valence-corrected chi connectivity index (χ2v) is 8.42. The highest BCUT2D eigenvalue weighted by Crippen LogP contribution is 2.35. The fraction of sp³-hybridized carbons (Fsp3) is 0.167. The van der Waals surface area contributed by atoms with Gasteiger partial charge in [0.2, 0.25) is 5.88 Å². The molecular formula is C24H21N5O3S. The molecule has 0 aliphatic carbocycles. The number of anilines is 1. The number of para-hydroxylation sites is 2. The third-order valence-electron chi connectivity index (χ3n) is 5.33. The van der Waals surface area contributed by atoms with Crippen molar-refractivity contribution in [3.05, 3.63) is 71.1 Å². The number of benzene rings is 2. The Balaban J connectivity index is 1.42. The molecule has 0 fully saturated rings. The molecule has 0 spiro atoms. The quantitative estimate of drug-likeness (QED) is 0.394. The number of amides is 1. The second-order valence-electron chi connectivity index (χ2n) is 7.42. The largest absolute Gasteiger partial charge is 0.480 e. The van der Waals surface area contributed by atoms with E-state index in [1.54, 1.807) is 20.5 Å². The van der Waals surface area contributed by atoms with Crippen LogP contribution in [0.25, 0.3) is 26.9 Å². The van der Waals surface area contributed by atoms with Gasteiger partial charge in [-0.2, -0.15) is 4.98 Å². The first kappa shape index (κ1) is 21.0. The lowest BCUT2D eigenvalue weighted by molar-refractivity contribution is 0.103. The molecule has 1 N–H and O–H groups in total. The molecular weight excluding hydrogens is 438 g/mol. The third kappa shape index (κ3) is 3.81. The van der Waals surface area contributed by atoms with Crippen molar-refractivity contribution in [1.82, 2.24) is 19.5 Å². The molecule has 5 rings (SSSR count). The summed E-state index contributed by atoms with van der Waals surface area (Å²) in [5.41, 5.74) is 4.41. The van der Waals surface area contributed by atoms with Crippen LogP contribution in [0, 0.1) is 6.92 Å². The molecule has 2 aromatic carbocycles. The first-order chi connectivity index (χ1) is 16.1. The Bertz CT molecular complexity index is 1470. The van der Waals surface area contributed by atoms with Crippen molar-refractivity contribution in [2.24, 2.45) is 0 Å². The number of aromatic nitrogens is 4. The van der Waals surface area contributed by atoms with E-state index in [9.17, 15) is 4.79 Å². The van der Waals surface area contributed by atoms with E-state index in [1.165, 1.54) is 11.3 Å². The number of ether oxygens (including phenoxy) is 2. The summed E-state index contributed by atoms with van der Waals surface area (Å²) in [6.07, 6.45) is 1.80. The standard InChI is InChI=1S/C24H21N5O3S/c1-14-20-23(32-3)27-19(12-31-2)28-24(20)33-21(14)22(30)26-15-8-10-16(11-9-15)29-13-25-17-6-4-5-7-18(17)29/h4-11,13H,12H2,1-3H3,(H,26,30). The van der Waals surface area contributed by atoms with Gasteiger partial charge in [-0.05, 0) is 48.9 Å². The van der Waals surface area contributed by atoms with Gasteiger partial charge in [-0.3, -0.25) is 9.36 Å². The minimum atomic E-state index is -0.202. The van der Waals surface area contributed by atoms with Gasteiger partial charge in [0.25, 0.3) is 5.91 Å². The number of imidazole rings is 1. The van der Waals surface area contributed by atoms with Gasteiger partial charge in [0.05, 0.1) is 28.4 Å². The first-order valence-corrected chi connectivity index (χ1v) is 11.1. The Morgan fingerprint density at radius 2 is 1.88 bits per heavy atom. The number of hydrogen-bond acceptors (Lipinski definition) is 7. The van der Waals surface area contributed by atoms with Gasteiger partial charge in [0, 0.05) is 18.5 Å². The van der Waals surface area contributed by atoms with Crippen molar-refractivity contribution in [3.8, 4) is 11.6 Å². The first-order valence-electron chi connectivity index (χ1n) is 10.3. The summed E-state index contributed by atoms with van der Waals surface area (Å²) in [5, 5.41) is 3.73. The maximum atomic E-state index is 13.1. The summed E-state index contributed by atoms with van der Waals surface area (Å²) in [5.74, 6) is 0.751. The fourth-order valence-electron chi connectivity index (χ4n) is 3.76. The summed E-state index contributed by atoms with van der Waals surface area (Å²) < 4.78 is 12.6. The van der Waals surface area contributed by atoms with Crippen LogP contribution in [0.3, 0.4) is 0 Å². The lowest BCUT2D eigenvalue weighted by Crippen LogP contribution is -2.11. The topological polar surface area (TPSA) is 91.2 Å². The van der Waals surface area contributed by atoms with E-state index in [-0.39, 0.29) is 12.5 Å². The van der Waals surface area contributed by atoms with Crippen LogP contribution >= 0.6 is 11.3 Å². The normalized spacial score (nSPS) is 11.2. The predicted octanol–water partition coefficient (Wildman–Crippen LogP) is 4.75. The Labute approximate surface area is 193 Å². The van der Waals surface area contributed by atoms with Gasteiger partial charge in [-0.15, -0.1) is 11.3 Å². The molecule has 1 amide bonds. The monoisotopic (exact) mass is 459 g/mol. The summed E-state index contributed by atoms with van der Waals surface area (Å²) >= 11 is 1.31. The van der Waals surface area contributed by atoms with Crippen molar-refractivity contribution in [2.75, 3.05) is 19.5 Å². The van der Waals surface area contributed by atoms with Crippen LogP contribution in [0.15, 0.2) is 54.9 Å². The van der Waals surface area contributed by atoms with Gasteiger partial charge in [-0.25, -0.2) is 9.97 Å². The molecule has 0 saturated carbocycles. The molecule has 3 aromatic heterocycles. The van der Waals surface area contributed by atoms with Crippen LogP contribution in [-0.4, -0.2) is 39.6 Å². The Hall–Kier alpha value is -3.82. The van der Waals surface area contributed by atoms with Crippen molar-refractivity contribution >= 4 is 44.2 Å². The predicted molar refractivity (Wildman–Crippen MR) is 128 cm³/mol. The maximum absolute atomic E-state index is 13.1. The van der Waals surface area contributed by atoms with Gasteiger partial charge in [0.1, 0.15) is 17.8 Å². The van der Waals surface area contributed by atoms with Crippen LogP contribution < -0.4 is 10.1 Å². The Morgan fingerprint density at radius 3 is 2.64 bits per heavy atom. The minimum absolute atomic E-state index is 0.202. The molecule has 0 atom stereocenters. The van der Waals surface area contributed by atoms with E-state index < -0.39 is 0 Å². The number of thiophene rings is 1. The van der Waals surface area contributed by atoms with E-state index in [2.05, 4.69) is 20.3 Å². The zero-order chi connectivity index (χ0) is 22.9. The Kier molecular flexibility index (Phi) is 5.49. The van der Waals surface area contributed by atoms with Gasteiger partial charge in [-0.1, -0.05) is 12.1 Å². The van der Waals surface area contributed by atoms with Crippen molar-refractivity contribution < 1.29 is 14.3 Å². The molecule has 8 nitrogen and oxygen atoms in total. The van der Waals surface area contributed by atoms with Crippen LogP contribution in [0.2, 0.25) is 0 Å². The third-order valence-corrected chi connectivity index (χ3v) is 6.52. The van der Waals surface area contributed by atoms with E-state index >= 15 is 0 Å². The number of nitrogens with zero attached hydrogens (tertiary/aromatic N) is 4. The lowest BCUT2D eigenvalue weighted by atomic mass is 10.2. The summed E-state index contributed by atoms with van der Waals surface area (Å²) in [7, 11) is 3.14. The van der Waals surface area contributed by atoms with Crippen LogP contribution in [0.1, 0.15) is 21.1 Å². The van der Waals surface area contributed by atoms with E-state index in [4.69, 9.17) is 9.47 Å². The molecule has 166 valence electrons. The fourth-order valence-corrected chi connectivity index (χ4v) is 4.85. The number of carbonyl (C=O) groups excluding carboxylic acids is 1. The van der Waals surface area contributed by atoms with Crippen LogP contribution in [0.4, 0.5) is 5.69 Å². The number of fused-ring (bicyclic) bond motifs is 2. The van der Waals surface area contributed by atoms with Crippen molar-refractivity contribution in [3.63, 3.8) is 0 Å². The SMILES string of the molecule is COCc1nc(OC)c2c(C)c(C(=O)Nc3ccc(-n4cnc5ccccc54)cc3)sc2n1. The van der Waals surface area contributed by atoms with E-state index in [1.807, 2.05) is 60.0 Å². The maximum Gasteiger partial charge on any atom is 0.266 e. The van der Waals surface area contributed by atoms with E-state index in [0.29, 0.717) is 27.1 Å². The highest BCUT2D eigenvalue weighted by molar-refractivity contribution is 7.20. The summed E-state index contributed by atoms with van der Waals surface area (Å²) in [4.78, 5) is 27.7. The number of hydrogen-bond donors (Lipinski definition) is 1. The molecule has 0 radical (unpaired) electrons. The average Bonchev–Trinajstić information content (AvgIpc) is 3.41. The minimum Gasteiger partial charge on any atom is -0.480 e. The van der Waals surface area contributed by atoms with Crippen molar-refractivity contribution in [2.45, 2.75) is 13.5 Å². The van der Waals surface area contributed by atoms with Crippen LogP contribution in [-0.2, 0) is 11.3 Å². The summed E-state index contributed by atoms with van der Waals surface area (Å²) in [6, 6.07) is 15.6. The number of carbonyl (C=O) groups is 1.